The number of rotatable bonds is 8. The maximum Gasteiger partial charge on any atom is 0.191 e. The third-order valence-electron chi connectivity index (χ3n) is 4.54. The van der Waals surface area contributed by atoms with Gasteiger partial charge in [0.2, 0.25) is 0 Å². The molecule has 0 radical (unpaired) electrons. The molecule has 0 bridgehead atoms. The first-order valence-corrected chi connectivity index (χ1v) is 8.87. The van der Waals surface area contributed by atoms with E-state index in [0.717, 1.165) is 30.9 Å². The van der Waals surface area contributed by atoms with Crippen LogP contribution in [0.1, 0.15) is 45.1 Å². The molecule has 2 unspecified atom stereocenters. The Morgan fingerprint density at radius 3 is 2.64 bits per heavy atom. The molecule has 2 rings (SSSR count). The Morgan fingerprint density at radius 2 is 2.12 bits per heavy atom. The summed E-state index contributed by atoms with van der Waals surface area (Å²) in [5, 5.41) is 17.2. The lowest BCUT2D eigenvalue weighted by Crippen LogP contribution is -2.46. The fourth-order valence-corrected chi connectivity index (χ4v) is 2.61. The Kier molecular flexibility index (Phi) is 8.70. The van der Waals surface area contributed by atoms with Crippen LogP contribution in [0.25, 0.3) is 0 Å². The van der Waals surface area contributed by atoms with E-state index < -0.39 is 5.60 Å². The Labute approximate surface area is 168 Å². The van der Waals surface area contributed by atoms with Crippen molar-refractivity contribution in [3.63, 3.8) is 0 Å². The first-order valence-electron chi connectivity index (χ1n) is 8.87. The number of guanidine groups is 1. The van der Waals surface area contributed by atoms with Crippen LogP contribution in [0, 0.1) is 6.92 Å². The van der Waals surface area contributed by atoms with Crippen LogP contribution in [0.2, 0.25) is 0 Å². The number of likely N-dealkylation sites (N-methyl/N-ethyl adjacent to an activating group) is 1. The van der Waals surface area contributed by atoms with Crippen LogP contribution >= 0.6 is 24.0 Å². The highest BCUT2D eigenvalue weighted by atomic mass is 127. The fourth-order valence-electron chi connectivity index (χ4n) is 2.61. The summed E-state index contributed by atoms with van der Waals surface area (Å²) >= 11 is 0. The van der Waals surface area contributed by atoms with Gasteiger partial charge in [-0.05, 0) is 59.7 Å². The molecule has 0 aromatic carbocycles. The molecule has 1 heterocycles. The average molecular weight is 464 g/mol. The highest BCUT2D eigenvalue weighted by molar-refractivity contribution is 14.0. The second-order valence-corrected chi connectivity index (χ2v) is 7.01. The molecule has 2 atom stereocenters. The molecular formula is C18H33IN4O2. The minimum absolute atomic E-state index is 0. The molecule has 6 nitrogen and oxygen atoms in total. The average Bonchev–Trinajstić information content (AvgIpc) is 3.29. The van der Waals surface area contributed by atoms with Crippen LogP contribution in [-0.2, 0) is 5.60 Å². The number of aliphatic hydroxyl groups is 1. The molecule has 0 amide bonds. The predicted octanol–water partition coefficient (Wildman–Crippen LogP) is 2.45. The van der Waals surface area contributed by atoms with Crippen LogP contribution in [0.4, 0.5) is 0 Å². The van der Waals surface area contributed by atoms with Crippen molar-refractivity contribution in [3.05, 3.63) is 23.7 Å². The van der Waals surface area contributed by atoms with Crippen molar-refractivity contribution in [1.29, 1.82) is 0 Å². The first-order chi connectivity index (χ1) is 11.3. The molecule has 1 aromatic rings. The SMILES string of the molecule is CCNC(=NCC(C)(O)c1ccc(C)o1)NCC(C)N(C)C1CC1.I. The smallest absolute Gasteiger partial charge is 0.191 e. The minimum Gasteiger partial charge on any atom is -0.463 e. The van der Waals surface area contributed by atoms with Gasteiger partial charge in [0.25, 0.3) is 0 Å². The van der Waals surface area contributed by atoms with Crippen molar-refractivity contribution < 1.29 is 9.52 Å². The number of furan rings is 1. The van der Waals surface area contributed by atoms with E-state index in [4.69, 9.17) is 4.42 Å². The van der Waals surface area contributed by atoms with Crippen LogP contribution in [-0.4, -0.2) is 54.7 Å². The Hall–Kier alpha value is -0.800. The summed E-state index contributed by atoms with van der Waals surface area (Å²) in [5.41, 5.74) is -1.12. The number of hydrogen-bond donors (Lipinski definition) is 3. The molecule has 1 fully saturated rings. The van der Waals surface area contributed by atoms with Gasteiger partial charge < -0.3 is 20.2 Å². The normalized spacial score (nSPS) is 18.4. The van der Waals surface area contributed by atoms with E-state index in [1.54, 1.807) is 13.0 Å². The molecule has 0 saturated heterocycles. The van der Waals surface area contributed by atoms with Gasteiger partial charge in [0, 0.05) is 25.2 Å². The van der Waals surface area contributed by atoms with Gasteiger partial charge in [0.1, 0.15) is 17.1 Å². The van der Waals surface area contributed by atoms with Crippen molar-refractivity contribution >= 4 is 29.9 Å². The van der Waals surface area contributed by atoms with Crippen LogP contribution < -0.4 is 10.6 Å². The third kappa shape index (κ3) is 6.79. The van der Waals surface area contributed by atoms with Gasteiger partial charge in [-0.2, -0.15) is 0 Å². The van der Waals surface area contributed by atoms with Crippen LogP contribution in [0.5, 0.6) is 0 Å². The molecule has 0 aliphatic heterocycles. The lowest BCUT2D eigenvalue weighted by molar-refractivity contribution is 0.0428. The number of nitrogens with one attached hydrogen (secondary N) is 2. The van der Waals surface area contributed by atoms with Crippen molar-refractivity contribution in [1.82, 2.24) is 15.5 Å². The number of nitrogens with zero attached hydrogens (tertiary/aromatic N) is 2. The Morgan fingerprint density at radius 1 is 1.44 bits per heavy atom. The van der Waals surface area contributed by atoms with E-state index in [9.17, 15) is 5.11 Å². The molecule has 1 aliphatic rings. The monoisotopic (exact) mass is 464 g/mol. The van der Waals surface area contributed by atoms with Crippen LogP contribution in [0.15, 0.2) is 21.5 Å². The summed E-state index contributed by atoms with van der Waals surface area (Å²) < 4.78 is 5.54. The standard InChI is InChI=1S/C18H32N4O2.HI/c1-6-19-17(20-11-13(2)22(5)15-8-9-15)21-12-18(4,23)16-10-7-14(3)24-16;/h7,10,13,15,23H,6,8-9,11-12H2,1-5H3,(H2,19,20,21);1H. The van der Waals surface area contributed by atoms with Gasteiger partial charge in [0.05, 0.1) is 6.54 Å². The summed E-state index contributed by atoms with van der Waals surface area (Å²) in [4.78, 5) is 6.94. The van der Waals surface area contributed by atoms with Crippen molar-refractivity contribution in [2.24, 2.45) is 4.99 Å². The molecule has 1 aromatic heterocycles. The predicted molar refractivity (Wildman–Crippen MR) is 113 cm³/mol. The van der Waals surface area contributed by atoms with E-state index in [0.29, 0.717) is 11.8 Å². The van der Waals surface area contributed by atoms with E-state index >= 15 is 0 Å². The van der Waals surface area contributed by atoms with E-state index in [-0.39, 0.29) is 30.5 Å². The second kappa shape index (κ2) is 9.78. The zero-order valence-corrected chi connectivity index (χ0v) is 18.3. The molecule has 3 N–H and O–H groups in total. The van der Waals surface area contributed by atoms with E-state index in [2.05, 4.69) is 34.5 Å². The summed E-state index contributed by atoms with van der Waals surface area (Å²) in [5.74, 6) is 2.05. The van der Waals surface area contributed by atoms with E-state index in [1.165, 1.54) is 12.8 Å². The number of hydrogen-bond acceptors (Lipinski definition) is 4. The quantitative estimate of drug-likeness (QED) is 0.313. The van der Waals surface area contributed by atoms with Gasteiger partial charge >= 0.3 is 0 Å². The number of aliphatic imine (C=N–C) groups is 1. The third-order valence-corrected chi connectivity index (χ3v) is 4.54. The van der Waals surface area contributed by atoms with Crippen molar-refractivity contribution in [2.75, 3.05) is 26.7 Å². The van der Waals surface area contributed by atoms with E-state index in [1.807, 2.05) is 19.9 Å². The van der Waals surface area contributed by atoms with Crippen molar-refractivity contribution in [2.45, 2.75) is 58.2 Å². The Bertz CT molecular complexity index is 555. The van der Waals surface area contributed by atoms with Gasteiger partial charge in [-0.15, -0.1) is 24.0 Å². The molecule has 1 saturated carbocycles. The van der Waals surface area contributed by atoms with Gasteiger partial charge in [-0.25, -0.2) is 4.99 Å². The second-order valence-electron chi connectivity index (χ2n) is 7.01. The molecule has 25 heavy (non-hydrogen) atoms. The molecule has 7 heteroatoms. The topological polar surface area (TPSA) is 73.0 Å². The number of aryl methyl sites for hydroxylation is 1. The minimum atomic E-state index is -1.12. The maximum atomic E-state index is 10.6. The number of halogens is 1. The van der Waals surface area contributed by atoms with Crippen LogP contribution in [0.3, 0.4) is 0 Å². The first kappa shape index (κ1) is 22.2. The zero-order chi connectivity index (χ0) is 17.7. The lowest BCUT2D eigenvalue weighted by atomic mass is 10.0. The summed E-state index contributed by atoms with van der Waals surface area (Å²) in [6, 6.07) is 4.84. The molecule has 144 valence electrons. The molecule has 1 aliphatic carbocycles. The van der Waals surface area contributed by atoms with Gasteiger partial charge in [-0.1, -0.05) is 0 Å². The molecular weight excluding hydrogens is 431 g/mol. The zero-order valence-electron chi connectivity index (χ0n) is 16.0. The Balaban J connectivity index is 0.00000312. The fraction of sp³-hybridized carbons (Fsp3) is 0.722. The molecule has 0 spiro atoms. The summed E-state index contributed by atoms with van der Waals surface area (Å²) in [6.45, 7) is 9.68. The van der Waals surface area contributed by atoms with Gasteiger partial charge in [-0.3, -0.25) is 4.90 Å². The lowest BCUT2D eigenvalue weighted by Gasteiger charge is -2.26. The summed E-state index contributed by atoms with van der Waals surface area (Å²) in [6.07, 6.45) is 2.61. The van der Waals surface area contributed by atoms with Crippen molar-refractivity contribution in [3.8, 4) is 0 Å². The highest BCUT2D eigenvalue weighted by Gasteiger charge is 2.29. The summed E-state index contributed by atoms with van der Waals surface area (Å²) in [7, 11) is 2.18. The van der Waals surface area contributed by atoms with Gasteiger partial charge in [0.15, 0.2) is 5.96 Å². The highest BCUT2D eigenvalue weighted by Crippen LogP contribution is 2.26. The largest absolute Gasteiger partial charge is 0.463 e. The maximum absolute atomic E-state index is 10.6.